The highest BCUT2D eigenvalue weighted by Gasteiger charge is 2.29. The number of nitrogens with two attached hydrogens (primary N) is 1. The predicted octanol–water partition coefficient (Wildman–Crippen LogP) is 4.23. The molecular formula is C15H14BrClN2. The number of aryl methyl sites for hydroxylation is 1. The quantitative estimate of drug-likeness (QED) is 0.891. The van der Waals surface area contributed by atoms with Gasteiger partial charge in [-0.1, -0.05) is 23.7 Å². The molecule has 0 radical (unpaired) electrons. The van der Waals surface area contributed by atoms with Gasteiger partial charge < -0.3 is 5.73 Å². The summed E-state index contributed by atoms with van der Waals surface area (Å²) >= 11 is 9.48. The van der Waals surface area contributed by atoms with Crippen LogP contribution in [-0.2, 0) is 6.42 Å². The summed E-state index contributed by atoms with van der Waals surface area (Å²) in [5.74, 6) is 0.296. The second-order valence-corrected chi connectivity index (χ2v) is 6.15. The van der Waals surface area contributed by atoms with E-state index in [0.717, 1.165) is 28.6 Å². The maximum absolute atomic E-state index is 6.43. The van der Waals surface area contributed by atoms with Gasteiger partial charge in [-0.25, -0.2) is 0 Å². The Kier molecular flexibility index (Phi) is 3.61. The maximum Gasteiger partial charge on any atom is 0.0548 e. The first kappa shape index (κ1) is 13.1. The Balaban J connectivity index is 1.93. The number of halogens is 2. The van der Waals surface area contributed by atoms with Gasteiger partial charge in [0.1, 0.15) is 0 Å². The van der Waals surface area contributed by atoms with E-state index >= 15 is 0 Å². The largest absolute Gasteiger partial charge is 0.323 e. The molecule has 1 aromatic heterocycles. The van der Waals surface area contributed by atoms with Crippen LogP contribution < -0.4 is 5.73 Å². The van der Waals surface area contributed by atoms with Crippen LogP contribution in [0.3, 0.4) is 0 Å². The summed E-state index contributed by atoms with van der Waals surface area (Å²) in [6.45, 7) is 0. The van der Waals surface area contributed by atoms with Crippen LogP contribution in [0.4, 0.5) is 0 Å². The van der Waals surface area contributed by atoms with E-state index in [9.17, 15) is 0 Å². The molecule has 2 aromatic rings. The van der Waals surface area contributed by atoms with E-state index < -0.39 is 0 Å². The topological polar surface area (TPSA) is 38.9 Å². The number of hydrogen-bond donors (Lipinski definition) is 1. The van der Waals surface area contributed by atoms with Crippen molar-refractivity contribution in [3.05, 3.63) is 62.8 Å². The van der Waals surface area contributed by atoms with E-state index in [4.69, 9.17) is 17.3 Å². The highest BCUT2D eigenvalue weighted by molar-refractivity contribution is 9.10. The Labute approximate surface area is 126 Å². The van der Waals surface area contributed by atoms with Crippen molar-refractivity contribution in [3.8, 4) is 0 Å². The summed E-state index contributed by atoms with van der Waals surface area (Å²) in [6, 6.07) is 9.99. The first-order valence-corrected chi connectivity index (χ1v) is 7.48. The molecule has 0 saturated heterocycles. The van der Waals surface area contributed by atoms with E-state index in [-0.39, 0.29) is 6.04 Å². The maximum atomic E-state index is 6.43. The number of fused-ring (bicyclic) bond motifs is 1. The predicted molar refractivity (Wildman–Crippen MR) is 81.4 cm³/mol. The smallest absolute Gasteiger partial charge is 0.0548 e. The lowest BCUT2D eigenvalue weighted by Crippen LogP contribution is -2.18. The minimum atomic E-state index is -0.0373. The van der Waals surface area contributed by atoms with Crippen LogP contribution >= 0.6 is 27.5 Å². The fourth-order valence-electron chi connectivity index (χ4n) is 2.75. The van der Waals surface area contributed by atoms with Crippen LogP contribution in [0.5, 0.6) is 0 Å². The van der Waals surface area contributed by atoms with Gasteiger partial charge in [0.25, 0.3) is 0 Å². The van der Waals surface area contributed by atoms with Gasteiger partial charge in [-0.15, -0.1) is 0 Å². The van der Waals surface area contributed by atoms with E-state index in [2.05, 4.69) is 27.0 Å². The normalized spacial score (nSPS) is 19.2. The number of pyridine rings is 1. The molecule has 0 amide bonds. The highest BCUT2D eigenvalue weighted by atomic mass is 79.9. The average molecular weight is 338 g/mol. The summed E-state index contributed by atoms with van der Waals surface area (Å²) < 4.78 is 0.890. The summed E-state index contributed by atoms with van der Waals surface area (Å²) in [7, 11) is 0. The second kappa shape index (κ2) is 5.23. The van der Waals surface area contributed by atoms with E-state index in [1.54, 1.807) is 0 Å². The molecule has 2 atom stereocenters. The third-order valence-corrected chi connectivity index (χ3v) is 4.98. The fourth-order valence-corrected chi connectivity index (χ4v) is 3.26. The highest BCUT2D eigenvalue weighted by Crippen LogP contribution is 2.40. The van der Waals surface area contributed by atoms with Crippen LogP contribution in [0.2, 0.25) is 5.02 Å². The number of nitrogens with zero attached hydrogens (tertiary/aromatic N) is 1. The van der Waals surface area contributed by atoms with Gasteiger partial charge in [0, 0.05) is 28.3 Å². The molecule has 0 fully saturated rings. The lowest BCUT2D eigenvalue weighted by Gasteiger charge is -2.20. The standard InChI is InChI=1S/C15H14BrClN2/c16-12-8-10(4-6-13(12)17)14(18)11-5-3-9-2-1-7-19-15(9)11/h1-2,4,6-8,11,14H,3,5,18H2. The van der Waals surface area contributed by atoms with Gasteiger partial charge in [0.2, 0.25) is 0 Å². The Hall–Kier alpha value is -0.900. The molecule has 0 spiro atoms. The SMILES string of the molecule is NC(c1ccc(Cl)c(Br)c1)C1CCc2cccnc21. The van der Waals surface area contributed by atoms with Crippen molar-refractivity contribution in [2.45, 2.75) is 24.8 Å². The van der Waals surface area contributed by atoms with Gasteiger partial charge >= 0.3 is 0 Å². The molecule has 0 aliphatic heterocycles. The monoisotopic (exact) mass is 336 g/mol. The second-order valence-electron chi connectivity index (χ2n) is 4.89. The lowest BCUT2D eigenvalue weighted by atomic mass is 9.91. The first-order valence-electron chi connectivity index (χ1n) is 6.31. The Morgan fingerprint density at radius 2 is 2.21 bits per heavy atom. The molecule has 1 aliphatic rings. The van der Waals surface area contributed by atoms with Crippen LogP contribution in [0, 0.1) is 0 Å². The minimum Gasteiger partial charge on any atom is -0.323 e. The van der Waals surface area contributed by atoms with Crippen molar-refractivity contribution in [1.82, 2.24) is 4.98 Å². The van der Waals surface area contributed by atoms with Crippen molar-refractivity contribution < 1.29 is 0 Å². The molecule has 19 heavy (non-hydrogen) atoms. The van der Waals surface area contributed by atoms with Crippen molar-refractivity contribution in [3.63, 3.8) is 0 Å². The van der Waals surface area contributed by atoms with Crippen LogP contribution in [0.25, 0.3) is 0 Å². The minimum absolute atomic E-state index is 0.0373. The summed E-state index contributed by atoms with van der Waals surface area (Å²) in [6.07, 6.45) is 3.98. The van der Waals surface area contributed by atoms with E-state index in [1.165, 1.54) is 5.56 Å². The summed E-state index contributed by atoms with van der Waals surface area (Å²) in [4.78, 5) is 4.51. The Bertz CT molecular complexity index is 615. The molecule has 2 nitrogen and oxygen atoms in total. The Morgan fingerprint density at radius 3 is 3.00 bits per heavy atom. The van der Waals surface area contributed by atoms with E-state index in [0.29, 0.717) is 10.9 Å². The zero-order valence-corrected chi connectivity index (χ0v) is 12.7. The number of rotatable bonds is 2. The first-order chi connectivity index (χ1) is 9.16. The number of hydrogen-bond acceptors (Lipinski definition) is 2. The molecule has 0 saturated carbocycles. The van der Waals surface area contributed by atoms with Gasteiger partial charge in [-0.3, -0.25) is 4.98 Å². The van der Waals surface area contributed by atoms with Gasteiger partial charge in [-0.2, -0.15) is 0 Å². The molecule has 2 unspecified atom stereocenters. The molecule has 98 valence electrons. The zero-order chi connectivity index (χ0) is 13.4. The van der Waals surface area contributed by atoms with Crippen molar-refractivity contribution in [1.29, 1.82) is 0 Å². The molecular weight excluding hydrogens is 324 g/mol. The van der Waals surface area contributed by atoms with E-state index in [1.807, 2.05) is 30.5 Å². The van der Waals surface area contributed by atoms with Crippen molar-refractivity contribution >= 4 is 27.5 Å². The Morgan fingerprint density at radius 1 is 1.37 bits per heavy atom. The number of benzene rings is 1. The van der Waals surface area contributed by atoms with Gasteiger partial charge in [-0.05, 0) is 58.1 Å². The average Bonchev–Trinajstić information content (AvgIpc) is 2.85. The van der Waals surface area contributed by atoms with Crippen molar-refractivity contribution in [2.75, 3.05) is 0 Å². The third kappa shape index (κ3) is 2.42. The van der Waals surface area contributed by atoms with Crippen LogP contribution in [0.15, 0.2) is 41.0 Å². The summed E-state index contributed by atoms with van der Waals surface area (Å²) in [5, 5.41) is 0.709. The van der Waals surface area contributed by atoms with Gasteiger partial charge in [0.05, 0.1) is 5.02 Å². The summed E-state index contributed by atoms with van der Waals surface area (Å²) in [5.41, 5.74) is 10.0. The molecule has 1 aliphatic carbocycles. The fraction of sp³-hybridized carbons (Fsp3) is 0.267. The third-order valence-electron chi connectivity index (χ3n) is 3.76. The lowest BCUT2D eigenvalue weighted by molar-refractivity contribution is 0.541. The molecule has 3 rings (SSSR count). The number of aromatic nitrogens is 1. The molecule has 4 heteroatoms. The van der Waals surface area contributed by atoms with Crippen LogP contribution in [0.1, 0.15) is 35.2 Å². The van der Waals surface area contributed by atoms with Crippen LogP contribution in [-0.4, -0.2) is 4.98 Å². The molecule has 1 heterocycles. The molecule has 2 N–H and O–H groups in total. The zero-order valence-electron chi connectivity index (χ0n) is 10.3. The molecule has 1 aromatic carbocycles. The van der Waals surface area contributed by atoms with Gasteiger partial charge in [0.15, 0.2) is 0 Å². The van der Waals surface area contributed by atoms with Crippen molar-refractivity contribution in [2.24, 2.45) is 5.73 Å². The molecule has 0 bridgehead atoms.